The van der Waals surface area contributed by atoms with Crippen molar-refractivity contribution in [1.82, 2.24) is 4.90 Å². The number of benzene rings is 2. The van der Waals surface area contributed by atoms with Crippen LogP contribution in [0.2, 0.25) is 0 Å². The number of thioether (sulfide) groups is 1. The first-order chi connectivity index (χ1) is 14.1. The quantitative estimate of drug-likeness (QED) is 0.740. The van der Waals surface area contributed by atoms with Gasteiger partial charge in [-0.2, -0.15) is 0 Å². The lowest BCUT2D eigenvalue weighted by Gasteiger charge is -2.25. The number of nitrogens with zero attached hydrogens (tertiary/aromatic N) is 1. The molecule has 0 aliphatic carbocycles. The van der Waals surface area contributed by atoms with Crippen molar-refractivity contribution in [1.29, 1.82) is 0 Å². The van der Waals surface area contributed by atoms with E-state index in [0.29, 0.717) is 32.3 Å². The fourth-order valence-electron chi connectivity index (χ4n) is 4.22. The van der Waals surface area contributed by atoms with E-state index in [1.807, 2.05) is 18.0 Å². The van der Waals surface area contributed by atoms with Gasteiger partial charge in [0, 0.05) is 36.9 Å². The van der Waals surface area contributed by atoms with E-state index in [0.717, 1.165) is 30.9 Å². The Hall–Kier alpha value is -2.18. The van der Waals surface area contributed by atoms with E-state index in [9.17, 15) is 4.79 Å². The summed E-state index contributed by atoms with van der Waals surface area (Å²) in [6.07, 6.45) is 4.31. The van der Waals surface area contributed by atoms with Crippen LogP contribution in [0, 0.1) is 0 Å². The second-order valence-corrected chi connectivity index (χ2v) is 8.66. The molecule has 1 amide bonds. The van der Waals surface area contributed by atoms with Gasteiger partial charge in [-0.3, -0.25) is 4.79 Å². The summed E-state index contributed by atoms with van der Waals surface area (Å²) in [5, 5.41) is 0. The molecule has 2 atom stereocenters. The third kappa shape index (κ3) is 4.70. The van der Waals surface area contributed by atoms with Gasteiger partial charge in [0.1, 0.15) is 19.3 Å². The second-order valence-electron chi connectivity index (χ2n) is 7.78. The Bertz CT molecular complexity index is 856. The SMILES string of the molecule is CSc1ccc(CN(C)C(=O)C[NH+]2CCC[C@H]2c2ccc3c(c2)OCCO3)cc1. The van der Waals surface area contributed by atoms with Crippen molar-refractivity contribution >= 4 is 17.7 Å². The molecule has 2 aromatic rings. The van der Waals surface area contributed by atoms with E-state index in [1.54, 1.807) is 11.8 Å². The van der Waals surface area contributed by atoms with Gasteiger partial charge in [-0.05, 0) is 42.2 Å². The number of quaternary nitrogens is 1. The number of likely N-dealkylation sites (N-methyl/N-ethyl adjacent to an activating group) is 1. The van der Waals surface area contributed by atoms with Crippen LogP contribution in [0.1, 0.15) is 30.0 Å². The standard InChI is InChI=1S/C23H28N2O3S/c1-24(15-17-5-8-19(29-2)9-6-17)23(26)16-25-11-3-4-20(25)18-7-10-21-22(14-18)28-13-12-27-21/h5-10,14,20H,3-4,11-13,15-16H2,1-2H3/p+1/t20-/m0/s1. The van der Waals surface area contributed by atoms with E-state index in [-0.39, 0.29) is 5.91 Å². The van der Waals surface area contributed by atoms with Crippen LogP contribution >= 0.6 is 11.8 Å². The Kier molecular flexibility index (Phi) is 6.31. The molecular weight excluding hydrogens is 384 g/mol. The zero-order valence-corrected chi connectivity index (χ0v) is 18.0. The summed E-state index contributed by atoms with van der Waals surface area (Å²) in [6, 6.07) is 15.0. The molecule has 0 spiro atoms. The zero-order valence-electron chi connectivity index (χ0n) is 17.1. The van der Waals surface area contributed by atoms with Gasteiger partial charge < -0.3 is 19.3 Å². The predicted molar refractivity (Wildman–Crippen MR) is 115 cm³/mol. The average molecular weight is 414 g/mol. The van der Waals surface area contributed by atoms with Crippen molar-refractivity contribution in [3.63, 3.8) is 0 Å². The number of ether oxygens (including phenoxy) is 2. The molecule has 6 heteroatoms. The predicted octanol–water partition coefficient (Wildman–Crippen LogP) is 2.56. The van der Waals surface area contributed by atoms with Gasteiger partial charge in [0.25, 0.3) is 5.91 Å². The van der Waals surface area contributed by atoms with Crippen LogP contribution in [-0.4, -0.2) is 50.4 Å². The Morgan fingerprint density at radius 1 is 1.14 bits per heavy atom. The molecule has 154 valence electrons. The van der Waals surface area contributed by atoms with Crippen molar-refractivity contribution in [2.24, 2.45) is 0 Å². The van der Waals surface area contributed by atoms with Crippen molar-refractivity contribution in [2.75, 3.05) is 39.6 Å². The molecule has 1 saturated heterocycles. The van der Waals surface area contributed by atoms with Gasteiger partial charge in [-0.1, -0.05) is 12.1 Å². The third-order valence-electron chi connectivity index (χ3n) is 5.83. The molecule has 0 aromatic heterocycles. The smallest absolute Gasteiger partial charge is 0.277 e. The van der Waals surface area contributed by atoms with Crippen LogP contribution in [0.25, 0.3) is 0 Å². The monoisotopic (exact) mass is 413 g/mol. The second kappa shape index (κ2) is 9.09. The van der Waals surface area contributed by atoms with Gasteiger partial charge in [-0.15, -0.1) is 11.8 Å². The first-order valence-corrected chi connectivity index (χ1v) is 11.5. The molecule has 0 radical (unpaired) electrons. The molecule has 0 bridgehead atoms. The minimum atomic E-state index is 0.193. The first-order valence-electron chi connectivity index (χ1n) is 10.2. The Labute approximate surface area is 177 Å². The van der Waals surface area contributed by atoms with Crippen LogP contribution in [-0.2, 0) is 11.3 Å². The molecule has 0 saturated carbocycles. The maximum absolute atomic E-state index is 12.9. The van der Waals surface area contributed by atoms with E-state index >= 15 is 0 Å². The number of hydrogen-bond donors (Lipinski definition) is 1. The largest absolute Gasteiger partial charge is 0.486 e. The maximum Gasteiger partial charge on any atom is 0.277 e. The summed E-state index contributed by atoms with van der Waals surface area (Å²) in [7, 11) is 1.90. The molecule has 2 heterocycles. The highest BCUT2D eigenvalue weighted by Crippen LogP contribution is 2.33. The molecule has 1 fully saturated rings. The molecule has 5 nitrogen and oxygen atoms in total. The summed E-state index contributed by atoms with van der Waals surface area (Å²) >= 11 is 1.73. The summed E-state index contributed by atoms with van der Waals surface area (Å²) in [5.41, 5.74) is 2.41. The van der Waals surface area contributed by atoms with E-state index in [1.165, 1.54) is 20.9 Å². The topological polar surface area (TPSA) is 43.2 Å². The van der Waals surface area contributed by atoms with Crippen LogP contribution < -0.4 is 14.4 Å². The lowest BCUT2D eigenvalue weighted by molar-refractivity contribution is -0.910. The normalized spacial score (nSPS) is 20.5. The van der Waals surface area contributed by atoms with Gasteiger partial charge in [0.2, 0.25) is 0 Å². The lowest BCUT2D eigenvalue weighted by Crippen LogP contribution is -3.11. The molecule has 4 rings (SSSR count). The minimum Gasteiger partial charge on any atom is -0.486 e. The molecular formula is C23H29N2O3S+. The Morgan fingerprint density at radius 3 is 2.66 bits per heavy atom. The highest BCUT2D eigenvalue weighted by molar-refractivity contribution is 7.98. The van der Waals surface area contributed by atoms with Gasteiger partial charge >= 0.3 is 0 Å². The van der Waals surface area contributed by atoms with Crippen molar-refractivity contribution in [2.45, 2.75) is 30.3 Å². The summed E-state index contributed by atoms with van der Waals surface area (Å²) in [6.45, 7) is 3.40. The Balaban J connectivity index is 1.39. The number of likely N-dealkylation sites (tertiary alicyclic amines) is 1. The molecule has 2 aromatic carbocycles. The molecule has 1 unspecified atom stereocenters. The van der Waals surface area contributed by atoms with Gasteiger partial charge in [0.15, 0.2) is 18.0 Å². The fraction of sp³-hybridized carbons (Fsp3) is 0.435. The van der Waals surface area contributed by atoms with E-state index in [4.69, 9.17) is 9.47 Å². The number of rotatable bonds is 6. The molecule has 1 N–H and O–H groups in total. The highest BCUT2D eigenvalue weighted by atomic mass is 32.2. The van der Waals surface area contributed by atoms with E-state index < -0.39 is 0 Å². The number of carbonyl (C=O) groups excluding carboxylic acids is 1. The van der Waals surface area contributed by atoms with Crippen LogP contribution in [0.15, 0.2) is 47.4 Å². The molecule has 2 aliphatic heterocycles. The van der Waals surface area contributed by atoms with Crippen LogP contribution in [0.3, 0.4) is 0 Å². The summed E-state index contributed by atoms with van der Waals surface area (Å²) in [5.74, 6) is 1.85. The molecule has 2 aliphatic rings. The summed E-state index contributed by atoms with van der Waals surface area (Å²) in [4.78, 5) is 17.3. The van der Waals surface area contributed by atoms with Crippen molar-refractivity contribution < 1.29 is 19.2 Å². The van der Waals surface area contributed by atoms with Gasteiger partial charge in [-0.25, -0.2) is 0 Å². The Morgan fingerprint density at radius 2 is 1.90 bits per heavy atom. The van der Waals surface area contributed by atoms with Crippen LogP contribution in [0.4, 0.5) is 0 Å². The number of amides is 1. The van der Waals surface area contributed by atoms with Crippen molar-refractivity contribution in [3.05, 3.63) is 53.6 Å². The zero-order chi connectivity index (χ0) is 20.2. The maximum atomic E-state index is 12.9. The summed E-state index contributed by atoms with van der Waals surface area (Å²) < 4.78 is 11.4. The van der Waals surface area contributed by atoms with Crippen molar-refractivity contribution in [3.8, 4) is 11.5 Å². The third-order valence-corrected chi connectivity index (χ3v) is 6.58. The van der Waals surface area contributed by atoms with Gasteiger partial charge in [0.05, 0.1) is 6.54 Å². The fourth-order valence-corrected chi connectivity index (χ4v) is 4.63. The number of carbonyl (C=O) groups is 1. The number of nitrogens with one attached hydrogen (secondary N) is 1. The highest BCUT2D eigenvalue weighted by Gasteiger charge is 2.33. The average Bonchev–Trinajstić information content (AvgIpc) is 3.22. The number of fused-ring (bicyclic) bond motifs is 1. The minimum absolute atomic E-state index is 0.193. The molecule has 29 heavy (non-hydrogen) atoms. The lowest BCUT2D eigenvalue weighted by atomic mass is 10.0. The van der Waals surface area contributed by atoms with Crippen LogP contribution in [0.5, 0.6) is 11.5 Å². The van der Waals surface area contributed by atoms with E-state index in [2.05, 4.69) is 42.7 Å². The first kappa shape index (κ1) is 20.1. The number of hydrogen-bond acceptors (Lipinski definition) is 4.